The summed E-state index contributed by atoms with van der Waals surface area (Å²) in [5.74, 6) is 5.79. The normalized spacial score (nSPS) is 10.3. The zero-order valence-electron chi connectivity index (χ0n) is 14.5. The van der Waals surface area contributed by atoms with Gasteiger partial charge in [0.2, 0.25) is 0 Å². The van der Waals surface area contributed by atoms with E-state index in [0.717, 1.165) is 30.2 Å². The number of fused-ring (bicyclic) bond motifs is 1. The van der Waals surface area contributed by atoms with Crippen molar-refractivity contribution in [3.63, 3.8) is 0 Å². The van der Waals surface area contributed by atoms with E-state index in [1.54, 1.807) is 6.07 Å². The summed E-state index contributed by atoms with van der Waals surface area (Å²) in [6, 6.07) is 17.7. The first-order valence-electron chi connectivity index (χ1n) is 8.64. The smallest absolute Gasteiger partial charge is 0.146 e. The van der Waals surface area contributed by atoms with Crippen LogP contribution in [0, 0.1) is 17.7 Å². The number of rotatable bonds is 4. The fourth-order valence-corrected chi connectivity index (χ4v) is 2.82. The van der Waals surface area contributed by atoms with E-state index >= 15 is 0 Å². The molecule has 124 valence electrons. The van der Waals surface area contributed by atoms with Crippen molar-refractivity contribution in [1.29, 1.82) is 0 Å². The molecule has 0 aliphatic carbocycles. The van der Waals surface area contributed by atoms with Crippen molar-refractivity contribution < 1.29 is 4.39 Å². The monoisotopic (exact) mass is 328 g/mol. The van der Waals surface area contributed by atoms with Crippen molar-refractivity contribution in [2.24, 2.45) is 0 Å². The Morgan fingerprint density at radius 3 is 2.44 bits per heavy atom. The molecule has 0 aliphatic heterocycles. The molecule has 0 spiro atoms. The Morgan fingerprint density at radius 2 is 1.72 bits per heavy atom. The summed E-state index contributed by atoms with van der Waals surface area (Å²) in [7, 11) is 0. The van der Waals surface area contributed by atoms with Gasteiger partial charge in [-0.1, -0.05) is 61.2 Å². The van der Waals surface area contributed by atoms with Gasteiger partial charge < -0.3 is 0 Å². The van der Waals surface area contributed by atoms with Crippen LogP contribution in [0.1, 0.15) is 35.6 Å². The standard InChI is InChI=1S/C24H21F/c1-3-5-6-19-7-9-20(10-8-19)11-13-21-14-15-22-17-18(4-2)12-16-23(22)24(21)25/h3,7-10,12,14-17H,1,4-6H2,2H3. The Kier molecular flexibility index (Phi) is 5.31. The second-order valence-corrected chi connectivity index (χ2v) is 6.11. The summed E-state index contributed by atoms with van der Waals surface area (Å²) in [4.78, 5) is 0. The summed E-state index contributed by atoms with van der Waals surface area (Å²) < 4.78 is 14.7. The maximum Gasteiger partial charge on any atom is 0.146 e. The highest BCUT2D eigenvalue weighted by molar-refractivity contribution is 5.85. The third-order valence-electron chi connectivity index (χ3n) is 4.36. The number of halogens is 1. The summed E-state index contributed by atoms with van der Waals surface area (Å²) in [6.45, 7) is 5.84. The van der Waals surface area contributed by atoms with Gasteiger partial charge in [0.25, 0.3) is 0 Å². The lowest BCUT2D eigenvalue weighted by atomic mass is 10.0. The van der Waals surface area contributed by atoms with Gasteiger partial charge in [-0.15, -0.1) is 6.58 Å². The van der Waals surface area contributed by atoms with Gasteiger partial charge in [-0.2, -0.15) is 0 Å². The summed E-state index contributed by atoms with van der Waals surface area (Å²) in [5.41, 5.74) is 3.80. The molecule has 0 amide bonds. The second kappa shape index (κ2) is 7.81. The summed E-state index contributed by atoms with van der Waals surface area (Å²) in [5, 5.41) is 1.55. The van der Waals surface area contributed by atoms with Crippen LogP contribution in [0.25, 0.3) is 10.8 Å². The lowest BCUT2D eigenvalue weighted by Crippen LogP contribution is -1.89. The molecule has 0 aliphatic rings. The maximum absolute atomic E-state index is 14.7. The number of aryl methyl sites for hydroxylation is 2. The van der Waals surface area contributed by atoms with Crippen molar-refractivity contribution in [2.75, 3.05) is 0 Å². The molecule has 3 aromatic carbocycles. The van der Waals surface area contributed by atoms with Crippen LogP contribution < -0.4 is 0 Å². The molecule has 3 rings (SSSR count). The lowest BCUT2D eigenvalue weighted by Gasteiger charge is -2.04. The minimum Gasteiger partial charge on any atom is -0.205 e. The van der Waals surface area contributed by atoms with Crippen LogP contribution in [0.3, 0.4) is 0 Å². The van der Waals surface area contributed by atoms with Crippen LogP contribution in [0.4, 0.5) is 4.39 Å². The van der Waals surface area contributed by atoms with E-state index in [9.17, 15) is 4.39 Å². The molecular formula is C24H21F. The van der Waals surface area contributed by atoms with Gasteiger partial charge in [0, 0.05) is 10.9 Å². The van der Waals surface area contributed by atoms with E-state index in [0.29, 0.717) is 10.9 Å². The van der Waals surface area contributed by atoms with Crippen LogP contribution in [0.2, 0.25) is 0 Å². The number of allylic oxidation sites excluding steroid dienone is 1. The first-order chi connectivity index (χ1) is 12.2. The largest absolute Gasteiger partial charge is 0.205 e. The SMILES string of the molecule is C=CCCc1ccc(C#Cc2ccc3cc(CC)ccc3c2F)cc1. The predicted octanol–water partition coefficient (Wildman–Crippen LogP) is 6.06. The average Bonchev–Trinajstić information content (AvgIpc) is 2.66. The van der Waals surface area contributed by atoms with Gasteiger partial charge in [0.05, 0.1) is 5.56 Å². The molecule has 0 nitrogen and oxygen atoms in total. The van der Waals surface area contributed by atoms with E-state index in [-0.39, 0.29) is 5.82 Å². The fraction of sp³-hybridized carbons (Fsp3) is 0.167. The van der Waals surface area contributed by atoms with Crippen molar-refractivity contribution in [3.05, 3.63) is 95.3 Å². The van der Waals surface area contributed by atoms with Crippen molar-refractivity contribution >= 4 is 10.8 Å². The first-order valence-corrected chi connectivity index (χ1v) is 8.64. The second-order valence-electron chi connectivity index (χ2n) is 6.11. The molecule has 1 heteroatoms. The highest BCUT2D eigenvalue weighted by Crippen LogP contribution is 2.22. The van der Waals surface area contributed by atoms with Gasteiger partial charge in [-0.3, -0.25) is 0 Å². The highest BCUT2D eigenvalue weighted by atomic mass is 19.1. The third-order valence-corrected chi connectivity index (χ3v) is 4.36. The van der Waals surface area contributed by atoms with Gasteiger partial charge in [-0.25, -0.2) is 4.39 Å². The molecule has 0 bridgehead atoms. The predicted molar refractivity (Wildman–Crippen MR) is 104 cm³/mol. The Labute approximate surface area is 149 Å². The van der Waals surface area contributed by atoms with Crippen molar-refractivity contribution in [1.82, 2.24) is 0 Å². The summed E-state index contributed by atoms with van der Waals surface area (Å²) >= 11 is 0. The molecule has 0 unspecified atom stereocenters. The molecular weight excluding hydrogens is 307 g/mol. The zero-order valence-corrected chi connectivity index (χ0v) is 14.5. The molecule has 0 N–H and O–H groups in total. The van der Waals surface area contributed by atoms with Gasteiger partial charge in [0.15, 0.2) is 0 Å². The molecule has 0 radical (unpaired) electrons. The molecule has 3 aromatic rings. The first kappa shape index (κ1) is 17.0. The molecule has 0 fully saturated rings. The molecule has 0 atom stereocenters. The van der Waals surface area contributed by atoms with Crippen LogP contribution in [-0.4, -0.2) is 0 Å². The van der Waals surface area contributed by atoms with E-state index in [1.807, 2.05) is 42.5 Å². The van der Waals surface area contributed by atoms with Crippen LogP contribution in [0.5, 0.6) is 0 Å². The van der Waals surface area contributed by atoms with Gasteiger partial charge >= 0.3 is 0 Å². The molecule has 0 aromatic heterocycles. The minimum atomic E-state index is -0.241. The van der Waals surface area contributed by atoms with E-state index in [2.05, 4.69) is 37.5 Å². The molecule has 0 heterocycles. The average molecular weight is 328 g/mol. The van der Waals surface area contributed by atoms with Crippen LogP contribution in [-0.2, 0) is 12.8 Å². The Hall–Kier alpha value is -2.85. The number of hydrogen-bond acceptors (Lipinski definition) is 0. The van der Waals surface area contributed by atoms with E-state index < -0.39 is 0 Å². The van der Waals surface area contributed by atoms with Gasteiger partial charge in [0.1, 0.15) is 5.82 Å². The maximum atomic E-state index is 14.7. The van der Waals surface area contributed by atoms with Crippen LogP contribution >= 0.6 is 0 Å². The van der Waals surface area contributed by atoms with Crippen LogP contribution in [0.15, 0.2) is 67.3 Å². The molecule has 25 heavy (non-hydrogen) atoms. The van der Waals surface area contributed by atoms with Crippen molar-refractivity contribution in [3.8, 4) is 11.8 Å². The Bertz CT molecular complexity index is 953. The van der Waals surface area contributed by atoms with E-state index in [1.165, 1.54) is 11.1 Å². The third kappa shape index (κ3) is 3.98. The fourth-order valence-electron chi connectivity index (χ4n) is 2.82. The quantitative estimate of drug-likeness (QED) is 0.403. The Balaban J connectivity index is 1.87. The molecule has 0 saturated heterocycles. The highest BCUT2D eigenvalue weighted by Gasteiger charge is 2.06. The Morgan fingerprint density at radius 1 is 0.960 bits per heavy atom. The zero-order chi connectivity index (χ0) is 17.6. The topological polar surface area (TPSA) is 0 Å². The van der Waals surface area contributed by atoms with Gasteiger partial charge in [-0.05, 0) is 54.0 Å². The van der Waals surface area contributed by atoms with Crippen molar-refractivity contribution in [2.45, 2.75) is 26.2 Å². The number of hydrogen-bond donors (Lipinski definition) is 0. The molecule has 0 saturated carbocycles. The lowest BCUT2D eigenvalue weighted by molar-refractivity contribution is 0.636. The number of benzene rings is 3. The van der Waals surface area contributed by atoms with E-state index in [4.69, 9.17) is 0 Å². The summed E-state index contributed by atoms with van der Waals surface area (Å²) in [6.07, 6.45) is 4.81. The minimum absolute atomic E-state index is 0.241.